The maximum absolute atomic E-state index is 13.4. The van der Waals surface area contributed by atoms with E-state index in [0.29, 0.717) is 24.5 Å². The second-order valence-corrected chi connectivity index (χ2v) is 9.43. The molecular weight excluding hydrogens is 440 g/mol. The van der Waals surface area contributed by atoms with E-state index >= 15 is 0 Å². The average Bonchev–Trinajstić information content (AvgIpc) is 3.53. The number of rotatable bonds is 6. The number of sulfonamides is 1. The first kappa shape index (κ1) is 20.8. The van der Waals surface area contributed by atoms with E-state index in [0.717, 1.165) is 11.1 Å². The minimum atomic E-state index is -3.82. The van der Waals surface area contributed by atoms with E-state index in [2.05, 4.69) is 25.9 Å². The Morgan fingerprint density at radius 1 is 1.00 bits per heavy atom. The highest BCUT2D eigenvalue weighted by Crippen LogP contribution is 2.32. The predicted molar refractivity (Wildman–Crippen MR) is 121 cm³/mol. The van der Waals surface area contributed by atoms with Gasteiger partial charge in [-0.15, -0.1) is 10.2 Å². The molecule has 0 saturated heterocycles. The molecule has 0 fully saturated rings. The summed E-state index contributed by atoms with van der Waals surface area (Å²) >= 11 is 0. The predicted octanol–water partition coefficient (Wildman–Crippen LogP) is 2.47. The Hall–Kier alpha value is -4.05. The summed E-state index contributed by atoms with van der Waals surface area (Å²) in [6.45, 7) is 0.367. The monoisotopic (exact) mass is 460 g/mol. The summed E-state index contributed by atoms with van der Waals surface area (Å²) in [6, 6.07) is 22.1. The van der Waals surface area contributed by atoms with Crippen molar-refractivity contribution in [3.63, 3.8) is 0 Å². The Morgan fingerprint density at radius 2 is 1.79 bits per heavy atom. The molecule has 0 saturated carbocycles. The van der Waals surface area contributed by atoms with Crippen LogP contribution in [0.5, 0.6) is 0 Å². The lowest BCUT2D eigenvalue weighted by molar-refractivity contribution is 0.0941. The van der Waals surface area contributed by atoms with E-state index in [1.165, 1.54) is 16.4 Å². The first-order valence-electron chi connectivity index (χ1n) is 10.3. The third-order valence-corrected chi connectivity index (χ3v) is 7.37. The van der Waals surface area contributed by atoms with E-state index in [-0.39, 0.29) is 10.5 Å². The van der Waals surface area contributed by atoms with Crippen LogP contribution in [0.25, 0.3) is 0 Å². The second kappa shape index (κ2) is 8.47. The molecule has 4 aromatic rings. The van der Waals surface area contributed by atoms with Crippen LogP contribution in [0.3, 0.4) is 0 Å². The van der Waals surface area contributed by atoms with Crippen molar-refractivity contribution < 1.29 is 13.2 Å². The number of nitrogens with one attached hydrogen (secondary N) is 2. The van der Waals surface area contributed by atoms with Gasteiger partial charge in [-0.25, -0.2) is 8.42 Å². The molecule has 9 nitrogen and oxygen atoms in total. The molecule has 3 aromatic carbocycles. The fraction of sp³-hybridized carbons (Fsp3) is 0.130. The maximum atomic E-state index is 13.4. The number of carbonyl (C=O) groups is 1. The zero-order valence-corrected chi connectivity index (χ0v) is 18.2. The summed E-state index contributed by atoms with van der Waals surface area (Å²) in [5.41, 5.74) is 2.65. The Labute approximate surface area is 190 Å². The summed E-state index contributed by atoms with van der Waals surface area (Å²) in [7, 11) is -3.82. The standard InChI is InChI=1S/C23H20N6O3S/c30-23(24-21(22-25-27-28-26-22)17-8-2-1-3-9-17)18-10-6-11-19(15-18)33(31,32)29-14-13-16-7-4-5-12-20(16)29/h1-12,15,21H,13-14H2,(H,24,30)(H,25,26,27,28). The van der Waals surface area contributed by atoms with Crippen LogP contribution >= 0.6 is 0 Å². The van der Waals surface area contributed by atoms with Crippen molar-refractivity contribution in [1.29, 1.82) is 0 Å². The van der Waals surface area contributed by atoms with Gasteiger partial charge in [0.15, 0.2) is 0 Å². The number of amides is 1. The minimum absolute atomic E-state index is 0.0580. The largest absolute Gasteiger partial charge is 0.338 e. The highest BCUT2D eigenvalue weighted by molar-refractivity contribution is 7.92. The number of anilines is 1. The van der Waals surface area contributed by atoms with Crippen LogP contribution in [-0.2, 0) is 16.4 Å². The fourth-order valence-electron chi connectivity index (χ4n) is 3.93. The first-order chi connectivity index (χ1) is 16.0. The van der Waals surface area contributed by atoms with Crippen LogP contribution in [-0.4, -0.2) is 41.5 Å². The topological polar surface area (TPSA) is 121 Å². The Morgan fingerprint density at radius 3 is 2.58 bits per heavy atom. The van der Waals surface area contributed by atoms with Gasteiger partial charge in [0, 0.05) is 12.1 Å². The van der Waals surface area contributed by atoms with Crippen molar-refractivity contribution in [1.82, 2.24) is 25.9 Å². The van der Waals surface area contributed by atoms with Crippen LogP contribution in [0.4, 0.5) is 5.69 Å². The van der Waals surface area contributed by atoms with Gasteiger partial charge in [-0.1, -0.05) is 59.8 Å². The van der Waals surface area contributed by atoms with Gasteiger partial charge in [0.2, 0.25) is 5.82 Å². The lowest BCUT2D eigenvalue weighted by Crippen LogP contribution is -2.31. The highest BCUT2D eigenvalue weighted by Gasteiger charge is 2.31. The van der Waals surface area contributed by atoms with Gasteiger partial charge in [-0.05, 0) is 41.8 Å². The number of hydrogen-bond acceptors (Lipinski definition) is 6. The van der Waals surface area contributed by atoms with Crippen LogP contribution in [0.2, 0.25) is 0 Å². The number of tetrazole rings is 1. The molecule has 1 aromatic heterocycles. The van der Waals surface area contributed by atoms with Gasteiger partial charge in [0.25, 0.3) is 15.9 Å². The van der Waals surface area contributed by atoms with E-state index < -0.39 is 22.0 Å². The molecular formula is C23H20N6O3S. The third kappa shape index (κ3) is 3.96. The van der Waals surface area contributed by atoms with Crippen molar-refractivity contribution in [3.05, 3.63) is 101 Å². The molecule has 0 radical (unpaired) electrons. The Kier molecular flexibility index (Phi) is 5.35. The summed E-state index contributed by atoms with van der Waals surface area (Å²) < 4.78 is 28.1. The molecule has 1 atom stereocenters. The summed E-state index contributed by atoms with van der Waals surface area (Å²) in [4.78, 5) is 13.2. The zero-order valence-electron chi connectivity index (χ0n) is 17.4. The van der Waals surface area contributed by atoms with Gasteiger partial charge in [0.1, 0.15) is 6.04 Å². The van der Waals surface area contributed by atoms with Gasteiger partial charge in [0.05, 0.1) is 10.6 Å². The lowest BCUT2D eigenvalue weighted by atomic mass is 10.1. The van der Waals surface area contributed by atoms with E-state index in [1.54, 1.807) is 18.2 Å². The number of hydrogen-bond donors (Lipinski definition) is 2. The van der Waals surface area contributed by atoms with E-state index in [9.17, 15) is 13.2 Å². The Bertz CT molecular complexity index is 1390. The van der Waals surface area contributed by atoms with Crippen molar-refractivity contribution in [2.45, 2.75) is 17.4 Å². The molecule has 5 rings (SSSR count). The smallest absolute Gasteiger partial charge is 0.264 e. The lowest BCUT2D eigenvalue weighted by Gasteiger charge is -2.20. The summed E-state index contributed by atoms with van der Waals surface area (Å²) in [5.74, 6) is -0.153. The molecule has 0 aliphatic carbocycles. The molecule has 1 unspecified atom stereocenters. The van der Waals surface area contributed by atoms with Crippen LogP contribution in [0, 0.1) is 0 Å². The molecule has 2 N–H and O–H groups in total. The molecule has 33 heavy (non-hydrogen) atoms. The van der Waals surface area contributed by atoms with E-state index in [1.807, 2.05) is 48.5 Å². The minimum Gasteiger partial charge on any atom is -0.338 e. The van der Waals surface area contributed by atoms with E-state index in [4.69, 9.17) is 0 Å². The molecule has 166 valence electrons. The number of benzene rings is 3. The molecule has 1 aliphatic heterocycles. The number of para-hydroxylation sites is 1. The van der Waals surface area contributed by atoms with Crippen molar-refractivity contribution in [2.75, 3.05) is 10.8 Å². The number of H-pyrrole nitrogens is 1. The van der Waals surface area contributed by atoms with Gasteiger partial charge < -0.3 is 5.32 Å². The van der Waals surface area contributed by atoms with Crippen LogP contribution in [0.15, 0.2) is 83.8 Å². The van der Waals surface area contributed by atoms with Gasteiger partial charge in [-0.3, -0.25) is 9.10 Å². The Balaban J connectivity index is 1.44. The number of nitrogens with zero attached hydrogens (tertiary/aromatic N) is 4. The molecule has 0 spiro atoms. The van der Waals surface area contributed by atoms with Gasteiger partial charge >= 0.3 is 0 Å². The fourth-order valence-corrected chi connectivity index (χ4v) is 5.48. The van der Waals surface area contributed by atoms with Gasteiger partial charge in [-0.2, -0.15) is 5.21 Å². The number of fused-ring (bicyclic) bond motifs is 1. The highest BCUT2D eigenvalue weighted by atomic mass is 32.2. The second-order valence-electron chi connectivity index (χ2n) is 7.57. The molecule has 0 bridgehead atoms. The quantitative estimate of drug-likeness (QED) is 0.456. The first-order valence-corrected chi connectivity index (χ1v) is 11.8. The van der Waals surface area contributed by atoms with Crippen molar-refractivity contribution >= 4 is 21.6 Å². The van der Waals surface area contributed by atoms with Crippen LogP contribution in [0.1, 0.15) is 33.4 Å². The summed E-state index contributed by atoms with van der Waals surface area (Å²) in [5, 5.41) is 16.9. The zero-order chi connectivity index (χ0) is 22.8. The average molecular weight is 461 g/mol. The molecule has 1 aliphatic rings. The molecule has 1 amide bonds. The van der Waals surface area contributed by atoms with Crippen LogP contribution < -0.4 is 9.62 Å². The van der Waals surface area contributed by atoms with Crippen molar-refractivity contribution in [3.8, 4) is 0 Å². The van der Waals surface area contributed by atoms with Crippen molar-refractivity contribution in [2.24, 2.45) is 0 Å². The summed E-state index contributed by atoms with van der Waals surface area (Å²) in [6.07, 6.45) is 0.652. The SMILES string of the molecule is O=C(NC(c1ccccc1)c1nn[nH]n1)c1cccc(S(=O)(=O)N2CCc3ccccc32)c1. The number of aromatic amines is 1. The maximum Gasteiger partial charge on any atom is 0.264 e. The number of carbonyl (C=O) groups excluding carboxylic acids is 1. The number of aromatic nitrogens is 4. The third-order valence-electron chi connectivity index (χ3n) is 5.56. The normalized spacial score (nSPS) is 14.0. The molecule has 2 heterocycles. The molecule has 10 heteroatoms.